The molecule has 3 aromatic carbocycles. The zero-order valence-electron chi connectivity index (χ0n) is 19.1. The van der Waals surface area contributed by atoms with Crippen LogP contribution >= 0.6 is 23.2 Å². The maximum Gasteiger partial charge on any atom is 0.264 e. The van der Waals surface area contributed by atoms with E-state index in [-0.39, 0.29) is 26.7 Å². The van der Waals surface area contributed by atoms with Crippen molar-refractivity contribution in [3.63, 3.8) is 0 Å². The molecule has 34 heavy (non-hydrogen) atoms. The number of hydrogen-bond donors (Lipinski definition) is 1. The maximum atomic E-state index is 13.5. The Morgan fingerprint density at radius 1 is 1.06 bits per heavy atom. The number of rotatable bonds is 9. The van der Waals surface area contributed by atoms with E-state index < -0.39 is 22.5 Å². The molecule has 0 aromatic heterocycles. The molecule has 3 rings (SSSR count). The SMILES string of the molecule is CC[C@@H](NC(=O)CN(c1cccc(Cl)c1Cl)S(=O)(=O)c1ccccc1)c1ccc(OC)c(C)c1. The highest BCUT2D eigenvalue weighted by atomic mass is 35.5. The van der Waals surface area contributed by atoms with Crippen LogP contribution in [0.25, 0.3) is 0 Å². The number of hydrogen-bond acceptors (Lipinski definition) is 4. The number of methoxy groups -OCH3 is 1. The summed E-state index contributed by atoms with van der Waals surface area (Å²) in [6.45, 7) is 3.39. The molecule has 0 heterocycles. The van der Waals surface area contributed by atoms with Crippen LogP contribution < -0.4 is 14.4 Å². The Bertz CT molecular complexity index is 1270. The summed E-state index contributed by atoms with van der Waals surface area (Å²) < 4.78 is 33.3. The van der Waals surface area contributed by atoms with Gasteiger partial charge in [-0.25, -0.2) is 8.42 Å². The first kappa shape index (κ1) is 25.9. The van der Waals surface area contributed by atoms with E-state index in [0.29, 0.717) is 6.42 Å². The Morgan fingerprint density at radius 2 is 1.76 bits per heavy atom. The number of halogens is 2. The van der Waals surface area contributed by atoms with Crippen molar-refractivity contribution in [1.82, 2.24) is 5.32 Å². The van der Waals surface area contributed by atoms with Crippen LogP contribution in [0.4, 0.5) is 5.69 Å². The van der Waals surface area contributed by atoms with Crippen molar-refractivity contribution >= 4 is 44.8 Å². The first-order chi connectivity index (χ1) is 16.2. The minimum absolute atomic E-state index is 0.0386. The Labute approximate surface area is 210 Å². The van der Waals surface area contributed by atoms with Crippen LogP contribution in [0.5, 0.6) is 5.75 Å². The van der Waals surface area contributed by atoms with Gasteiger partial charge in [-0.05, 0) is 54.8 Å². The number of ether oxygens (including phenoxy) is 1. The van der Waals surface area contributed by atoms with Crippen molar-refractivity contribution in [3.05, 3.63) is 87.9 Å². The topological polar surface area (TPSA) is 75.7 Å². The van der Waals surface area contributed by atoms with Crippen LogP contribution in [-0.4, -0.2) is 28.0 Å². The van der Waals surface area contributed by atoms with Gasteiger partial charge in [-0.2, -0.15) is 0 Å². The minimum Gasteiger partial charge on any atom is -0.496 e. The van der Waals surface area contributed by atoms with Crippen LogP contribution in [0.1, 0.15) is 30.5 Å². The molecule has 0 unspecified atom stereocenters. The lowest BCUT2D eigenvalue weighted by Gasteiger charge is -2.26. The number of aryl methyl sites for hydroxylation is 1. The van der Waals surface area contributed by atoms with E-state index >= 15 is 0 Å². The third-order valence-electron chi connectivity index (χ3n) is 5.38. The van der Waals surface area contributed by atoms with Crippen molar-refractivity contribution in [2.24, 2.45) is 0 Å². The molecule has 0 bridgehead atoms. The Hall–Kier alpha value is -2.74. The predicted molar refractivity (Wildman–Crippen MR) is 136 cm³/mol. The molecule has 0 spiro atoms. The fourth-order valence-electron chi connectivity index (χ4n) is 3.61. The molecule has 0 aliphatic carbocycles. The molecule has 0 aliphatic rings. The smallest absolute Gasteiger partial charge is 0.264 e. The summed E-state index contributed by atoms with van der Waals surface area (Å²) in [5, 5.41) is 3.18. The highest BCUT2D eigenvalue weighted by Gasteiger charge is 2.30. The lowest BCUT2D eigenvalue weighted by molar-refractivity contribution is -0.120. The molecule has 0 radical (unpaired) electrons. The molecule has 0 aliphatic heterocycles. The van der Waals surface area contributed by atoms with Crippen molar-refractivity contribution in [3.8, 4) is 5.75 Å². The number of carbonyl (C=O) groups is 1. The second kappa shape index (κ2) is 11.1. The van der Waals surface area contributed by atoms with Crippen molar-refractivity contribution in [1.29, 1.82) is 0 Å². The first-order valence-corrected chi connectivity index (χ1v) is 12.8. The Kier molecular flexibility index (Phi) is 8.47. The number of anilines is 1. The summed E-state index contributed by atoms with van der Waals surface area (Å²) >= 11 is 12.5. The zero-order valence-corrected chi connectivity index (χ0v) is 21.4. The first-order valence-electron chi connectivity index (χ1n) is 10.6. The summed E-state index contributed by atoms with van der Waals surface area (Å²) in [6.07, 6.45) is 0.612. The second-order valence-corrected chi connectivity index (χ2v) is 10.3. The molecule has 180 valence electrons. The fourth-order valence-corrected chi connectivity index (χ4v) is 5.52. The van der Waals surface area contributed by atoms with Crippen molar-refractivity contribution in [2.45, 2.75) is 31.2 Å². The quantitative estimate of drug-likeness (QED) is 0.388. The van der Waals surface area contributed by atoms with E-state index in [2.05, 4.69) is 5.32 Å². The highest BCUT2D eigenvalue weighted by Crippen LogP contribution is 2.35. The van der Waals surface area contributed by atoms with Crippen LogP contribution in [0.3, 0.4) is 0 Å². The molecule has 3 aromatic rings. The van der Waals surface area contributed by atoms with Gasteiger partial charge in [-0.3, -0.25) is 9.10 Å². The molecular weight excluding hydrogens is 495 g/mol. The number of nitrogens with zero attached hydrogens (tertiary/aromatic N) is 1. The van der Waals surface area contributed by atoms with Gasteiger partial charge in [0.05, 0.1) is 33.8 Å². The van der Waals surface area contributed by atoms with Gasteiger partial charge in [-0.15, -0.1) is 0 Å². The summed E-state index contributed by atoms with van der Waals surface area (Å²) in [5.41, 5.74) is 1.96. The second-order valence-electron chi connectivity index (χ2n) is 7.66. The lowest BCUT2D eigenvalue weighted by atomic mass is 10.0. The van der Waals surface area contributed by atoms with Crippen molar-refractivity contribution < 1.29 is 17.9 Å². The van der Waals surface area contributed by atoms with Gasteiger partial charge in [-0.1, -0.05) is 66.5 Å². The highest BCUT2D eigenvalue weighted by molar-refractivity contribution is 7.92. The molecule has 0 saturated heterocycles. The third-order valence-corrected chi connectivity index (χ3v) is 7.97. The Morgan fingerprint density at radius 3 is 2.38 bits per heavy atom. The van der Waals surface area contributed by atoms with Gasteiger partial charge < -0.3 is 10.1 Å². The molecule has 1 N–H and O–H groups in total. The molecule has 6 nitrogen and oxygen atoms in total. The number of nitrogens with one attached hydrogen (secondary N) is 1. The van der Waals surface area contributed by atoms with Gasteiger partial charge in [0.25, 0.3) is 10.0 Å². The van der Waals surface area contributed by atoms with Crippen LogP contribution in [0.15, 0.2) is 71.6 Å². The number of carbonyl (C=O) groups excluding carboxylic acids is 1. The van der Waals surface area contributed by atoms with Crippen LogP contribution in [0.2, 0.25) is 10.0 Å². The van der Waals surface area contributed by atoms with E-state index in [9.17, 15) is 13.2 Å². The third kappa shape index (κ3) is 5.66. The molecule has 0 fully saturated rings. The summed E-state index contributed by atoms with van der Waals surface area (Å²) in [4.78, 5) is 13.2. The van der Waals surface area contributed by atoms with Gasteiger partial charge >= 0.3 is 0 Å². The summed E-state index contributed by atoms with van der Waals surface area (Å²) in [7, 11) is -2.50. The average Bonchev–Trinajstić information content (AvgIpc) is 2.83. The largest absolute Gasteiger partial charge is 0.496 e. The van der Waals surface area contributed by atoms with E-state index in [0.717, 1.165) is 21.2 Å². The zero-order chi connectivity index (χ0) is 24.9. The molecule has 0 saturated carbocycles. The van der Waals surface area contributed by atoms with Gasteiger partial charge in [0.2, 0.25) is 5.91 Å². The van der Waals surface area contributed by atoms with E-state index in [1.165, 1.54) is 18.2 Å². The van der Waals surface area contributed by atoms with Gasteiger partial charge in [0, 0.05) is 0 Å². The van der Waals surface area contributed by atoms with E-state index in [4.69, 9.17) is 27.9 Å². The number of sulfonamides is 1. The fraction of sp³-hybridized carbons (Fsp3) is 0.240. The Balaban J connectivity index is 1.94. The monoisotopic (exact) mass is 520 g/mol. The summed E-state index contributed by atoms with van der Waals surface area (Å²) in [5.74, 6) is 0.275. The summed E-state index contributed by atoms with van der Waals surface area (Å²) in [6, 6.07) is 17.9. The van der Waals surface area contributed by atoms with Crippen LogP contribution in [-0.2, 0) is 14.8 Å². The van der Waals surface area contributed by atoms with Crippen LogP contribution in [0, 0.1) is 6.92 Å². The predicted octanol–water partition coefficient (Wildman–Crippen LogP) is 5.77. The van der Waals surface area contributed by atoms with Gasteiger partial charge in [0.1, 0.15) is 12.3 Å². The van der Waals surface area contributed by atoms with E-state index in [1.54, 1.807) is 37.4 Å². The molecule has 9 heteroatoms. The maximum absolute atomic E-state index is 13.5. The molecule has 1 atom stereocenters. The normalized spacial score (nSPS) is 12.1. The average molecular weight is 521 g/mol. The standard InChI is InChI=1S/C25H26Cl2N2O4S/c1-4-21(18-13-14-23(33-3)17(2)15-18)28-24(30)16-29(22-12-8-11-20(26)25(22)27)34(31,32)19-9-6-5-7-10-19/h5-15,21H,4,16H2,1-3H3,(H,28,30)/t21-/m1/s1. The minimum atomic E-state index is -4.10. The molecular formula is C25H26Cl2N2O4S. The number of benzene rings is 3. The number of amides is 1. The van der Waals surface area contributed by atoms with Crippen molar-refractivity contribution in [2.75, 3.05) is 18.0 Å². The van der Waals surface area contributed by atoms with E-state index in [1.807, 2.05) is 32.0 Å². The molecule has 1 amide bonds. The van der Waals surface area contributed by atoms with Gasteiger partial charge in [0.15, 0.2) is 0 Å². The lowest BCUT2D eigenvalue weighted by Crippen LogP contribution is -2.42.